The number of methoxy groups -OCH3 is 1. The Morgan fingerprint density at radius 3 is 2.80 bits per heavy atom. The molecule has 1 aromatic rings. The van der Waals surface area contributed by atoms with Gasteiger partial charge in [0.15, 0.2) is 6.61 Å². The smallest absolute Gasteiger partial charge is 0.257 e. The van der Waals surface area contributed by atoms with Gasteiger partial charge in [-0.15, -0.1) is 0 Å². The van der Waals surface area contributed by atoms with E-state index in [1.807, 2.05) is 18.2 Å². The van der Waals surface area contributed by atoms with Gasteiger partial charge in [0.2, 0.25) is 0 Å². The first-order chi connectivity index (χ1) is 12.2. The average molecular weight is 346 g/mol. The van der Waals surface area contributed by atoms with Gasteiger partial charge in [-0.1, -0.05) is 25.3 Å². The Morgan fingerprint density at radius 2 is 2.00 bits per heavy atom. The molecule has 0 bridgehead atoms. The predicted molar refractivity (Wildman–Crippen MR) is 98.1 cm³/mol. The van der Waals surface area contributed by atoms with Crippen LogP contribution in [0.4, 0.5) is 0 Å². The van der Waals surface area contributed by atoms with Crippen LogP contribution in [0.25, 0.3) is 0 Å². The summed E-state index contributed by atoms with van der Waals surface area (Å²) in [6, 6.07) is 8.10. The van der Waals surface area contributed by atoms with Crippen molar-refractivity contribution in [1.82, 2.24) is 10.2 Å². The summed E-state index contributed by atoms with van der Waals surface area (Å²) in [5.74, 6) is 1.90. The van der Waals surface area contributed by atoms with Crippen LogP contribution < -0.4 is 14.8 Å². The van der Waals surface area contributed by atoms with Gasteiger partial charge in [0.1, 0.15) is 11.5 Å². The molecular weight excluding hydrogens is 316 g/mol. The molecule has 138 valence electrons. The Hall–Kier alpha value is -1.75. The fraction of sp³-hybridized carbons (Fsp3) is 0.650. The van der Waals surface area contributed by atoms with Crippen LogP contribution in [0, 0.1) is 5.92 Å². The molecule has 0 radical (unpaired) electrons. The minimum atomic E-state index is -0.0565. The van der Waals surface area contributed by atoms with Gasteiger partial charge in [0.25, 0.3) is 5.91 Å². The molecule has 1 aromatic carbocycles. The van der Waals surface area contributed by atoms with E-state index in [0.29, 0.717) is 11.7 Å². The highest BCUT2D eigenvalue weighted by Crippen LogP contribution is 2.27. The van der Waals surface area contributed by atoms with Crippen molar-refractivity contribution in [2.75, 3.05) is 33.4 Å². The second kappa shape index (κ2) is 9.09. The number of likely N-dealkylation sites (tertiary alicyclic amines) is 1. The second-order valence-corrected chi connectivity index (χ2v) is 7.21. The van der Waals surface area contributed by atoms with Crippen LogP contribution in [-0.4, -0.2) is 50.2 Å². The van der Waals surface area contributed by atoms with Crippen molar-refractivity contribution in [3.05, 3.63) is 24.3 Å². The molecule has 0 unspecified atom stereocenters. The lowest BCUT2D eigenvalue weighted by atomic mass is 9.94. The number of amides is 1. The summed E-state index contributed by atoms with van der Waals surface area (Å²) in [5, 5.41) is 3.03. The molecule has 1 amide bonds. The van der Waals surface area contributed by atoms with Crippen LogP contribution >= 0.6 is 0 Å². The van der Waals surface area contributed by atoms with E-state index in [-0.39, 0.29) is 12.5 Å². The summed E-state index contributed by atoms with van der Waals surface area (Å²) in [5.41, 5.74) is 0. The van der Waals surface area contributed by atoms with Gasteiger partial charge >= 0.3 is 0 Å². The highest BCUT2D eigenvalue weighted by Gasteiger charge is 2.29. The van der Waals surface area contributed by atoms with Crippen LogP contribution in [-0.2, 0) is 4.79 Å². The second-order valence-electron chi connectivity index (χ2n) is 7.21. The first-order valence-electron chi connectivity index (χ1n) is 9.52. The van der Waals surface area contributed by atoms with Gasteiger partial charge in [-0.25, -0.2) is 0 Å². The maximum Gasteiger partial charge on any atom is 0.257 e. The van der Waals surface area contributed by atoms with Crippen LogP contribution in [0.15, 0.2) is 24.3 Å². The third-order valence-electron chi connectivity index (χ3n) is 5.41. The molecule has 5 heteroatoms. The third-order valence-corrected chi connectivity index (χ3v) is 5.41. The van der Waals surface area contributed by atoms with Crippen LogP contribution in [0.2, 0.25) is 0 Å². The van der Waals surface area contributed by atoms with Crippen molar-refractivity contribution in [2.24, 2.45) is 5.92 Å². The molecule has 1 saturated heterocycles. The average Bonchev–Trinajstić information content (AvgIpc) is 3.15. The molecule has 0 spiro atoms. The van der Waals surface area contributed by atoms with Crippen molar-refractivity contribution >= 4 is 5.91 Å². The van der Waals surface area contributed by atoms with Crippen molar-refractivity contribution in [3.63, 3.8) is 0 Å². The molecule has 1 heterocycles. The molecule has 3 rings (SSSR count). The number of hydrogen-bond acceptors (Lipinski definition) is 4. The fourth-order valence-corrected chi connectivity index (χ4v) is 3.96. The highest BCUT2D eigenvalue weighted by molar-refractivity contribution is 5.77. The van der Waals surface area contributed by atoms with Crippen molar-refractivity contribution in [3.8, 4) is 11.5 Å². The molecular formula is C20H30N2O3. The maximum absolute atomic E-state index is 12.0. The van der Waals surface area contributed by atoms with E-state index < -0.39 is 0 Å². The van der Waals surface area contributed by atoms with Gasteiger partial charge in [0, 0.05) is 25.2 Å². The molecule has 0 aromatic heterocycles. The standard InChI is InChI=1S/C20H30N2O3/c1-24-18-8-5-9-19(12-18)25-15-20(23)21-13-16-10-11-22(14-16)17-6-3-2-4-7-17/h5,8-9,12,16-17H,2-4,6-7,10-11,13-15H2,1H3,(H,21,23)/t16-/m0/s1. The van der Waals surface area contributed by atoms with Gasteiger partial charge in [-0.2, -0.15) is 0 Å². The Bertz CT molecular complexity index is 558. The van der Waals surface area contributed by atoms with Gasteiger partial charge in [-0.05, 0) is 43.9 Å². The number of ether oxygens (including phenoxy) is 2. The topological polar surface area (TPSA) is 50.8 Å². The summed E-state index contributed by atoms with van der Waals surface area (Å²) >= 11 is 0. The lowest BCUT2D eigenvalue weighted by Crippen LogP contribution is -2.37. The Labute approximate surface area is 150 Å². The molecule has 1 N–H and O–H groups in total. The van der Waals surface area contributed by atoms with E-state index >= 15 is 0 Å². The number of benzene rings is 1. The number of nitrogens with zero attached hydrogens (tertiary/aromatic N) is 1. The third kappa shape index (κ3) is 5.36. The Balaban J connectivity index is 1.35. The Kier molecular flexibility index (Phi) is 6.56. The molecule has 1 aliphatic carbocycles. The van der Waals surface area contributed by atoms with E-state index in [9.17, 15) is 4.79 Å². The number of hydrogen-bond donors (Lipinski definition) is 1. The summed E-state index contributed by atoms with van der Waals surface area (Å²) < 4.78 is 10.7. The number of rotatable bonds is 7. The van der Waals surface area contributed by atoms with E-state index in [2.05, 4.69) is 10.2 Å². The first kappa shape index (κ1) is 18.1. The monoisotopic (exact) mass is 346 g/mol. The van der Waals surface area contributed by atoms with Crippen molar-refractivity contribution < 1.29 is 14.3 Å². The predicted octanol–water partition coefficient (Wildman–Crippen LogP) is 2.84. The largest absolute Gasteiger partial charge is 0.497 e. The summed E-state index contributed by atoms with van der Waals surface area (Å²) in [4.78, 5) is 14.7. The minimum absolute atomic E-state index is 0.0478. The lowest BCUT2D eigenvalue weighted by Gasteiger charge is -2.31. The van der Waals surface area contributed by atoms with E-state index in [1.165, 1.54) is 45.1 Å². The van der Waals surface area contributed by atoms with Gasteiger partial charge in [-0.3, -0.25) is 4.79 Å². The van der Waals surface area contributed by atoms with Crippen molar-refractivity contribution in [1.29, 1.82) is 0 Å². The first-order valence-corrected chi connectivity index (χ1v) is 9.52. The quantitative estimate of drug-likeness (QED) is 0.825. The molecule has 2 fully saturated rings. The Morgan fingerprint density at radius 1 is 1.20 bits per heavy atom. The van der Waals surface area contributed by atoms with Crippen LogP contribution in [0.5, 0.6) is 11.5 Å². The molecule has 1 aliphatic heterocycles. The lowest BCUT2D eigenvalue weighted by molar-refractivity contribution is -0.123. The van der Waals surface area contributed by atoms with E-state index in [4.69, 9.17) is 9.47 Å². The SMILES string of the molecule is COc1cccc(OCC(=O)NC[C@@H]2CCN(C3CCCCC3)C2)c1. The molecule has 2 aliphatic rings. The molecule has 1 saturated carbocycles. The fourth-order valence-electron chi connectivity index (χ4n) is 3.96. The zero-order valence-electron chi connectivity index (χ0n) is 15.2. The summed E-state index contributed by atoms with van der Waals surface area (Å²) in [6.45, 7) is 3.11. The zero-order valence-corrected chi connectivity index (χ0v) is 15.2. The number of nitrogens with one attached hydrogen (secondary N) is 1. The van der Waals surface area contributed by atoms with Gasteiger partial charge < -0.3 is 19.7 Å². The van der Waals surface area contributed by atoms with Crippen LogP contribution in [0.1, 0.15) is 38.5 Å². The number of carbonyl (C=O) groups excluding carboxylic acids is 1. The maximum atomic E-state index is 12.0. The van der Waals surface area contributed by atoms with E-state index in [1.54, 1.807) is 13.2 Å². The molecule has 25 heavy (non-hydrogen) atoms. The zero-order chi connectivity index (χ0) is 17.5. The highest BCUT2D eigenvalue weighted by atomic mass is 16.5. The normalized spacial score (nSPS) is 21.9. The minimum Gasteiger partial charge on any atom is -0.497 e. The number of carbonyl (C=O) groups is 1. The molecule has 5 nitrogen and oxygen atoms in total. The van der Waals surface area contributed by atoms with Crippen molar-refractivity contribution in [2.45, 2.75) is 44.6 Å². The summed E-state index contributed by atoms with van der Waals surface area (Å²) in [6.07, 6.45) is 8.06. The molecule has 1 atom stereocenters. The van der Waals surface area contributed by atoms with Gasteiger partial charge in [0.05, 0.1) is 7.11 Å². The van der Waals surface area contributed by atoms with E-state index in [0.717, 1.165) is 24.9 Å². The summed E-state index contributed by atoms with van der Waals surface area (Å²) in [7, 11) is 1.62. The van der Waals surface area contributed by atoms with Crippen LogP contribution in [0.3, 0.4) is 0 Å².